The Morgan fingerprint density at radius 3 is 2.70 bits per heavy atom. The molecule has 0 atom stereocenters. The minimum atomic E-state index is -0.899. The van der Waals surface area contributed by atoms with Gasteiger partial charge in [-0.05, 0) is 24.8 Å². The van der Waals surface area contributed by atoms with Gasteiger partial charge in [0.05, 0.1) is 16.7 Å². The van der Waals surface area contributed by atoms with E-state index in [4.69, 9.17) is 5.73 Å². The van der Waals surface area contributed by atoms with Gasteiger partial charge in [0.2, 0.25) is 0 Å². The van der Waals surface area contributed by atoms with Crippen LogP contribution < -0.4 is 11.1 Å². The van der Waals surface area contributed by atoms with Crippen molar-refractivity contribution in [2.45, 2.75) is 25.7 Å². The Morgan fingerprint density at radius 2 is 2.10 bits per heavy atom. The zero-order valence-electron chi connectivity index (χ0n) is 10.9. The lowest BCUT2D eigenvalue weighted by atomic mass is 10.1. The number of carbonyl (C=O) groups is 1. The number of anilines is 1. The molecule has 7 heteroatoms. The molecule has 0 unspecified atom stereocenters. The molecule has 0 aromatic heterocycles. The number of nitrogen functional groups attached to an aromatic ring is 1. The molecule has 0 radical (unpaired) electrons. The summed E-state index contributed by atoms with van der Waals surface area (Å²) >= 11 is 0. The fourth-order valence-electron chi connectivity index (χ4n) is 2.46. The summed E-state index contributed by atoms with van der Waals surface area (Å²) in [6.07, 6.45) is 4.39. The van der Waals surface area contributed by atoms with Crippen LogP contribution in [0.5, 0.6) is 0 Å². The van der Waals surface area contributed by atoms with Crippen molar-refractivity contribution in [3.63, 3.8) is 0 Å². The highest BCUT2D eigenvalue weighted by Gasteiger charge is 2.24. The maximum absolute atomic E-state index is 13.3. The van der Waals surface area contributed by atoms with Crippen LogP contribution in [-0.2, 0) is 0 Å². The van der Waals surface area contributed by atoms with Gasteiger partial charge in [0, 0.05) is 6.54 Å². The number of nitrogens with zero attached hydrogens (tertiary/aromatic N) is 1. The average molecular weight is 281 g/mol. The quantitative estimate of drug-likeness (QED) is 0.502. The largest absolute Gasteiger partial charge is 0.396 e. The van der Waals surface area contributed by atoms with E-state index in [0.717, 1.165) is 31.7 Å². The topological polar surface area (TPSA) is 98.3 Å². The third-order valence-corrected chi connectivity index (χ3v) is 3.58. The maximum Gasteiger partial charge on any atom is 0.285 e. The van der Waals surface area contributed by atoms with Crippen molar-refractivity contribution in [1.82, 2.24) is 5.32 Å². The van der Waals surface area contributed by atoms with Crippen molar-refractivity contribution in [2.75, 3.05) is 12.3 Å². The Balaban J connectivity index is 2.15. The SMILES string of the molecule is Nc1cc(C(=O)NCC2CCCC2)c([N+](=O)[O-])cc1F. The Labute approximate surface area is 115 Å². The van der Waals surface area contributed by atoms with Gasteiger partial charge < -0.3 is 11.1 Å². The van der Waals surface area contributed by atoms with Crippen LogP contribution >= 0.6 is 0 Å². The highest BCUT2D eigenvalue weighted by Crippen LogP contribution is 2.26. The number of hydrogen-bond donors (Lipinski definition) is 2. The first-order valence-electron chi connectivity index (χ1n) is 6.50. The monoisotopic (exact) mass is 281 g/mol. The van der Waals surface area contributed by atoms with Gasteiger partial charge in [-0.1, -0.05) is 12.8 Å². The van der Waals surface area contributed by atoms with E-state index in [-0.39, 0.29) is 11.3 Å². The Morgan fingerprint density at radius 1 is 1.45 bits per heavy atom. The smallest absolute Gasteiger partial charge is 0.285 e. The predicted octanol–water partition coefficient (Wildman–Crippen LogP) is 2.24. The van der Waals surface area contributed by atoms with Gasteiger partial charge in [0.1, 0.15) is 5.56 Å². The molecule has 0 heterocycles. The first kappa shape index (κ1) is 14.2. The summed E-state index contributed by atoms with van der Waals surface area (Å²) in [6, 6.07) is 1.69. The highest BCUT2D eigenvalue weighted by atomic mass is 19.1. The fourth-order valence-corrected chi connectivity index (χ4v) is 2.46. The normalized spacial score (nSPS) is 15.2. The number of nitrogens with one attached hydrogen (secondary N) is 1. The van der Waals surface area contributed by atoms with Gasteiger partial charge in [-0.15, -0.1) is 0 Å². The minimum Gasteiger partial charge on any atom is -0.396 e. The second-order valence-corrected chi connectivity index (χ2v) is 5.01. The minimum absolute atomic E-state index is 0.202. The van der Waals surface area contributed by atoms with E-state index < -0.39 is 22.3 Å². The molecule has 1 amide bonds. The van der Waals surface area contributed by atoms with Crippen LogP contribution in [0, 0.1) is 21.8 Å². The maximum atomic E-state index is 13.3. The molecule has 1 aromatic rings. The molecule has 1 aliphatic carbocycles. The summed E-state index contributed by atoms with van der Waals surface area (Å²) in [4.78, 5) is 22.1. The number of nitro benzene ring substituents is 1. The molecule has 0 spiro atoms. The van der Waals surface area contributed by atoms with Crippen molar-refractivity contribution in [2.24, 2.45) is 5.92 Å². The Hall–Kier alpha value is -2.18. The van der Waals surface area contributed by atoms with Gasteiger partial charge in [-0.3, -0.25) is 14.9 Å². The van der Waals surface area contributed by atoms with Crippen LogP contribution in [-0.4, -0.2) is 17.4 Å². The van der Waals surface area contributed by atoms with Crippen LogP contribution in [0.1, 0.15) is 36.0 Å². The number of nitrogens with two attached hydrogens (primary N) is 1. The summed E-state index contributed by atoms with van der Waals surface area (Å²) in [5, 5.41) is 13.5. The Kier molecular flexibility index (Phi) is 4.16. The molecule has 1 saturated carbocycles. The molecule has 1 fully saturated rings. The zero-order chi connectivity index (χ0) is 14.7. The van der Waals surface area contributed by atoms with E-state index in [9.17, 15) is 19.3 Å². The molecule has 20 heavy (non-hydrogen) atoms. The van der Waals surface area contributed by atoms with E-state index in [1.54, 1.807) is 0 Å². The third kappa shape index (κ3) is 3.04. The van der Waals surface area contributed by atoms with Gasteiger partial charge in [0.15, 0.2) is 5.82 Å². The van der Waals surface area contributed by atoms with Gasteiger partial charge in [-0.2, -0.15) is 0 Å². The number of carbonyl (C=O) groups excluding carboxylic acids is 1. The summed E-state index contributed by atoms with van der Waals surface area (Å²) in [7, 11) is 0. The number of nitro groups is 1. The van der Waals surface area contributed by atoms with E-state index in [2.05, 4.69) is 5.32 Å². The molecule has 0 bridgehead atoms. The van der Waals surface area contributed by atoms with Crippen LogP contribution in [0.2, 0.25) is 0 Å². The van der Waals surface area contributed by atoms with Crippen LogP contribution in [0.4, 0.5) is 15.8 Å². The molecule has 0 saturated heterocycles. The molecule has 1 aromatic carbocycles. The number of halogens is 1. The molecule has 6 nitrogen and oxygen atoms in total. The number of benzene rings is 1. The number of rotatable bonds is 4. The lowest BCUT2D eigenvalue weighted by Crippen LogP contribution is -2.29. The van der Waals surface area contributed by atoms with Crippen molar-refractivity contribution in [3.8, 4) is 0 Å². The summed E-state index contributed by atoms with van der Waals surface area (Å²) in [5.74, 6) is -1.07. The van der Waals surface area contributed by atoms with E-state index in [1.165, 1.54) is 0 Å². The highest BCUT2D eigenvalue weighted by molar-refractivity contribution is 5.99. The van der Waals surface area contributed by atoms with E-state index >= 15 is 0 Å². The second kappa shape index (κ2) is 5.85. The van der Waals surface area contributed by atoms with Gasteiger partial charge >= 0.3 is 0 Å². The molecule has 1 aliphatic rings. The molecular weight excluding hydrogens is 265 g/mol. The molecule has 2 rings (SSSR count). The average Bonchev–Trinajstić information content (AvgIpc) is 2.91. The Bertz CT molecular complexity index is 542. The van der Waals surface area contributed by atoms with E-state index in [0.29, 0.717) is 18.5 Å². The summed E-state index contributed by atoms with van der Waals surface area (Å²) in [5.41, 5.74) is 4.32. The van der Waals surface area contributed by atoms with Gasteiger partial charge in [0.25, 0.3) is 11.6 Å². The fraction of sp³-hybridized carbons (Fsp3) is 0.462. The van der Waals surface area contributed by atoms with Crippen LogP contribution in [0.3, 0.4) is 0 Å². The predicted molar refractivity (Wildman–Crippen MR) is 71.8 cm³/mol. The summed E-state index contributed by atoms with van der Waals surface area (Å²) in [6.45, 7) is 0.479. The van der Waals surface area contributed by atoms with Crippen molar-refractivity contribution < 1.29 is 14.1 Å². The van der Waals surface area contributed by atoms with Crippen molar-refractivity contribution in [3.05, 3.63) is 33.6 Å². The van der Waals surface area contributed by atoms with Crippen LogP contribution in [0.25, 0.3) is 0 Å². The van der Waals surface area contributed by atoms with Crippen molar-refractivity contribution in [1.29, 1.82) is 0 Å². The van der Waals surface area contributed by atoms with Crippen LogP contribution in [0.15, 0.2) is 12.1 Å². The first-order valence-corrected chi connectivity index (χ1v) is 6.50. The summed E-state index contributed by atoms with van der Waals surface area (Å²) < 4.78 is 13.3. The van der Waals surface area contributed by atoms with E-state index in [1.807, 2.05) is 0 Å². The van der Waals surface area contributed by atoms with Gasteiger partial charge in [-0.25, -0.2) is 4.39 Å². The number of amides is 1. The lowest BCUT2D eigenvalue weighted by molar-refractivity contribution is -0.385. The zero-order valence-corrected chi connectivity index (χ0v) is 10.9. The molecule has 108 valence electrons. The molecular formula is C13H16FN3O3. The number of hydrogen-bond acceptors (Lipinski definition) is 4. The second-order valence-electron chi connectivity index (χ2n) is 5.01. The van der Waals surface area contributed by atoms with Crippen molar-refractivity contribution >= 4 is 17.3 Å². The third-order valence-electron chi connectivity index (χ3n) is 3.58. The molecule has 3 N–H and O–H groups in total. The first-order chi connectivity index (χ1) is 9.49. The molecule has 0 aliphatic heterocycles. The lowest BCUT2D eigenvalue weighted by Gasteiger charge is -2.11. The standard InChI is InChI=1S/C13H16FN3O3/c14-10-6-12(17(19)20)9(5-11(10)15)13(18)16-7-8-3-1-2-4-8/h5-6,8H,1-4,7,15H2,(H,16,18).